The maximum absolute atomic E-state index is 6.03. The number of aromatic nitrogens is 3. The normalized spacial score (nSPS) is 14.5. The second kappa shape index (κ2) is 5.81. The standard InChI is InChI=1S/C14H17ClN4O/c1-20-13-5-2-11(15)6-10(13)8-19-9-17-14(18-19)7-16-12-3-4-12/h2,5-6,9,12,16H,3-4,7-8H2,1H3. The highest BCUT2D eigenvalue weighted by Crippen LogP contribution is 2.23. The SMILES string of the molecule is COc1ccc(Cl)cc1Cn1cnc(CNC2CC2)n1. The Labute approximate surface area is 122 Å². The number of ether oxygens (including phenoxy) is 1. The van der Waals surface area contributed by atoms with E-state index in [2.05, 4.69) is 15.4 Å². The van der Waals surface area contributed by atoms with Crippen LogP contribution in [0, 0.1) is 0 Å². The van der Waals surface area contributed by atoms with Gasteiger partial charge >= 0.3 is 0 Å². The van der Waals surface area contributed by atoms with Gasteiger partial charge in [-0.2, -0.15) is 5.10 Å². The summed E-state index contributed by atoms with van der Waals surface area (Å²) in [5.41, 5.74) is 0.992. The van der Waals surface area contributed by atoms with Gasteiger partial charge in [0.25, 0.3) is 0 Å². The Morgan fingerprint density at radius 2 is 2.30 bits per heavy atom. The lowest BCUT2D eigenvalue weighted by Gasteiger charge is -2.08. The molecule has 106 valence electrons. The molecule has 0 aliphatic heterocycles. The van der Waals surface area contributed by atoms with Gasteiger partial charge in [-0.1, -0.05) is 11.6 Å². The minimum atomic E-state index is 0.597. The first-order chi connectivity index (χ1) is 9.74. The van der Waals surface area contributed by atoms with Gasteiger partial charge in [-0.15, -0.1) is 0 Å². The highest BCUT2D eigenvalue weighted by atomic mass is 35.5. The highest BCUT2D eigenvalue weighted by molar-refractivity contribution is 6.30. The van der Waals surface area contributed by atoms with Crippen LogP contribution in [0.25, 0.3) is 0 Å². The van der Waals surface area contributed by atoms with Crippen molar-refractivity contribution in [3.8, 4) is 5.75 Å². The topological polar surface area (TPSA) is 52.0 Å². The molecule has 3 rings (SSSR count). The van der Waals surface area contributed by atoms with Crippen molar-refractivity contribution in [2.45, 2.75) is 32.0 Å². The molecule has 1 aliphatic carbocycles. The third-order valence-electron chi connectivity index (χ3n) is 3.28. The number of benzene rings is 1. The molecular weight excluding hydrogens is 276 g/mol. The van der Waals surface area contributed by atoms with Crippen LogP contribution in [-0.4, -0.2) is 27.9 Å². The molecule has 0 bridgehead atoms. The number of hydrogen-bond donors (Lipinski definition) is 1. The zero-order valence-corrected chi connectivity index (χ0v) is 12.1. The number of nitrogens with zero attached hydrogens (tertiary/aromatic N) is 3. The zero-order chi connectivity index (χ0) is 13.9. The van der Waals surface area contributed by atoms with Crippen LogP contribution in [0.3, 0.4) is 0 Å². The van der Waals surface area contributed by atoms with E-state index in [1.165, 1.54) is 12.8 Å². The maximum Gasteiger partial charge on any atom is 0.164 e. The fourth-order valence-electron chi connectivity index (χ4n) is 2.06. The first-order valence-corrected chi connectivity index (χ1v) is 7.06. The van der Waals surface area contributed by atoms with Crippen LogP contribution in [0.15, 0.2) is 24.5 Å². The molecule has 2 aromatic rings. The number of hydrogen-bond acceptors (Lipinski definition) is 4. The molecule has 1 heterocycles. The Morgan fingerprint density at radius 1 is 1.45 bits per heavy atom. The summed E-state index contributed by atoms with van der Waals surface area (Å²) in [6.45, 7) is 1.32. The minimum Gasteiger partial charge on any atom is -0.496 e. The summed E-state index contributed by atoms with van der Waals surface area (Å²) in [5.74, 6) is 1.63. The lowest BCUT2D eigenvalue weighted by molar-refractivity contribution is 0.407. The smallest absolute Gasteiger partial charge is 0.164 e. The maximum atomic E-state index is 6.03. The quantitative estimate of drug-likeness (QED) is 0.887. The molecule has 0 spiro atoms. The van der Waals surface area contributed by atoms with Gasteiger partial charge in [0.1, 0.15) is 12.1 Å². The predicted molar refractivity (Wildman–Crippen MR) is 77.0 cm³/mol. The van der Waals surface area contributed by atoms with E-state index in [-0.39, 0.29) is 0 Å². The largest absolute Gasteiger partial charge is 0.496 e. The average Bonchev–Trinajstić information content (AvgIpc) is 3.17. The molecule has 0 unspecified atom stereocenters. The van der Waals surface area contributed by atoms with Crippen molar-refractivity contribution in [1.82, 2.24) is 20.1 Å². The predicted octanol–water partition coefficient (Wildman–Crippen LogP) is 2.24. The second-order valence-corrected chi connectivity index (χ2v) is 5.41. The van der Waals surface area contributed by atoms with Crippen LogP contribution in [0.2, 0.25) is 5.02 Å². The fourth-order valence-corrected chi connectivity index (χ4v) is 2.25. The highest BCUT2D eigenvalue weighted by Gasteiger charge is 2.20. The van der Waals surface area contributed by atoms with Crippen LogP contribution in [0.5, 0.6) is 5.75 Å². The molecule has 5 nitrogen and oxygen atoms in total. The number of methoxy groups -OCH3 is 1. The molecule has 1 saturated carbocycles. The summed E-state index contributed by atoms with van der Waals surface area (Å²) in [6.07, 6.45) is 4.27. The van der Waals surface area contributed by atoms with Crippen molar-refractivity contribution in [1.29, 1.82) is 0 Å². The summed E-state index contributed by atoms with van der Waals surface area (Å²) in [6, 6.07) is 6.24. The van der Waals surface area contributed by atoms with E-state index < -0.39 is 0 Å². The van der Waals surface area contributed by atoms with Crippen LogP contribution >= 0.6 is 11.6 Å². The summed E-state index contributed by atoms with van der Waals surface area (Å²) >= 11 is 6.03. The van der Waals surface area contributed by atoms with Gasteiger partial charge in [0, 0.05) is 16.6 Å². The Balaban J connectivity index is 1.68. The molecular formula is C14H17ClN4O. The van der Waals surface area contributed by atoms with Crippen LogP contribution in [0.4, 0.5) is 0 Å². The Morgan fingerprint density at radius 3 is 3.05 bits per heavy atom. The number of rotatable bonds is 6. The van der Waals surface area contributed by atoms with E-state index in [1.807, 2.05) is 18.2 Å². The third kappa shape index (κ3) is 3.29. The molecule has 1 aromatic carbocycles. The molecule has 1 fully saturated rings. The summed E-state index contributed by atoms with van der Waals surface area (Å²) < 4.78 is 7.14. The van der Waals surface area contributed by atoms with E-state index in [0.717, 1.165) is 23.7 Å². The average molecular weight is 293 g/mol. The van der Waals surface area contributed by atoms with Crippen LogP contribution < -0.4 is 10.1 Å². The summed E-state index contributed by atoms with van der Waals surface area (Å²) in [5, 5.41) is 8.54. The zero-order valence-electron chi connectivity index (χ0n) is 11.3. The van der Waals surface area contributed by atoms with Gasteiger partial charge in [0.2, 0.25) is 0 Å². The van der Waals surface area contributed by atoms with E-state index in [4.69, 9.17) is 16.3 Å². The van der Waals surface area contributed by atoms with Crippen molar-refractivity contribution in [3.63, 3.8) is 0 Å². The van der Waals surface area contributed by atoms with Crippen molar-refractivity contribution >= 4 is 11.6 Å². The summed E-state index contributed by atoms with van der Waals surface area (Å²) in [4.78, 5) is 4.31. The van der Waals surface area contributed by atoms with E-state index >= 15 is 0 Å². The van der Waals surface area contributed by atoms with Crippen molar-refractivity contribution in [2.75, 3.05) is 7.11 Å². The lowest BCUT2D eigenvalue weighted by atomic mass is 10.2. The Kier molecular flexibility index (Phi) is 3.89. The number of halogens is 1. The first-order valence-electron chi connectivity index (χ1n) is 6.69. The van der Waals surface area contributed by atoms with Gasteiger partial charge in [-0.05, 0) is 31.0 Å². The Bertz CT molecular complexity index is 595. The minimum absolute atomic E-state index is 0.597. The molecule has 20 heavy (non-hydrogen) atoms. The summed E-state index contributed by atoms with van der Waals surface area (Å²) in [7, 11) is 1.65. The lowest BCUT2D eigenvalue weighted by Crippen LogP contribution is -2.16. The van der Waals surface area contributed by atoms with Gasteiger partial charge < -0.3 is 10.1 Å². The van der Waals surface area contributed by atoms with Gasteiger partial charge in [0.05, 0.1) is 20.2 Å². The molecule has 1 aromatic heterocycles. The van der Waals surface area contributed by atoms with E-state index in [9.17, 15) is 0 Å². The molecule has 0 amide bonds. The second-order valence-electron chi connectivity index (χ2n) is 4.97. The van der Waals surface area contributed by atoms with Crippen molar-refractivity contribution < 1.29 is 4.74 Å². The molecule has 1 N–H and O–H groups in total. The van der Waals surface area contributed by atoms with E-state index in [1.54, 1.807) is 18.1 Å². The van der Waals surface area contributed by atoms with Crippen LogP contribution in [-0.2, 0) is 13.1 Å². The fraction of sp³-hybridized carbons (Fsp3) is 0.429. The third-order valence-corrected chi connectivity index (χ3v) is 3.52. The number of nitrogens with one attached hydrogen (secondary N) is 1. The van der Waals surface area contributed by atoms with Gasteiger partial charge in [-0.3, -0.25) is 0 Å². The van der Waals surface area contributed by atoms with Crippen LogP contribution in [0.1, 0.15) is 24.2 Å². The molecule has 1 aliphatic rings. The van der Waals surface area contributed by atoms with Gasteiger partial charge in [-0.25, -0.2) is 9.67 Å². The van der Waals surface area contributed by atoms with Crippen molar-refractivity contribution in [2.24, 2.45) is 0 Å². The van der Waals surface area contributed by atoms with Gasteiger partial charge in [0.15, 0.2) is 5.82 Å². The van der Waals surface area contributed by atoms with Crippen molar-refractivity contribution in [3.05, 3.63) is 40.9 Å². The molecule has 0 saturated heterocycles. The Hall–Kier alpha value is -1.59. The first kappa shape index (κ1) is 13.4. The monoisotopic (exact) mass is 292 g/mol. The molecule has 0 atom stereocenters. The molecule has 6 heteroatoms. The molecule has 0 radical (unpaired) electrons. The van der Waals surface area contributed by atoms with E-state index in [0.29, 0.717) is 17.6 Å².